The molecular formula is C13H20N2O2. The molecule has 0 aliphatic rings. The lowest BCUT2D eigenvalue weighted by molar-refractivity contribution is -0.119. The van der Waals surface area contributed by atoms with Gasteiger partial charge in [-0.3, -0.25) is 4.79 Å². The SMILES string of the molecule is CNCC(C)C(=O)Nc1cc(C)cc(C)c1O. The third-order valence-electron chi connectivity index (χ3n) is 2.66. The zero-order chi connectivity index (χ0) is 13.0. The lowest BCUT2D eigenvalue weighted by Crippen LogP contribution is -2.28. The molecule has 0 saturated carbocycles. The summed E-state index contributed by atoms with van der Waals surface area (Å²) in [4.78, 5) is 11.8. The van der Waals surface area contributed by atoms with E-state index in [0.717, 1.165) is 11.1 Å². The molecule has 1 amide bonds. The fourth-order valence-corrected chi connectivity index (χ4v) is 1.71. The molecule has 17 heavy (non-hydrogen) atoms. The van der Waals surface area contributed by atoms with E-state index in [1.54, 1.807) is 13.1 Å². The van der Waals surface area contributed by atoms with Gasteiger partial charge >= 0.3 is 0 Å². The molecule has 94 valence electrons. The van der Waals surface area contributed by atoms with Gasteiger partial charge in [0.25, 0.3) is 0 Å². The van der Waals surface area contributed by atoms with Crippen molar-refractivity contribution in [2.75, 3.05) is 18.9 Å². The average Bonchev–Trinajstić information content (AvgIpc) is 2.25. The Labute approximate surface area is 102 Å². The van der Waals surface area contributed by atoms with Crippen molar-refractivity contribution in [1.82, 2.24) is 5.32 Å². The molecule has 0 fully saturated rings. The van der Waals surface area contributed by atoms with Crippen LogP contribution >= 0.6 is 0 Å². The second kappa shape index (κ2) is 5.68. The predicted molar refractivity (Wildman–Crippen MR) is 69.3 cm³/mol. The first-order valence-electron chi connectivity index (χ1n) is 5.71. The van der Waals surface area contributed by atoms with E-state index in [-0.39, 0.29) is 17.6 Å². The first kappa shape index (κ1) is 13.5. The lowest BCUT2D eigenvalue weighted by Gasteiger charge is -2.14. The summed E-state index contributed by atoms with van der Waals surface area (Å²) in [6.45, 7) is 6.19. The Morgan fingerprint density at radius 3 is 2.65 bits per heavy atom. The van der Waals surface area contributed by atoms with E-state index in [1.807, 2.05) is 26.8 Å². The van der Waals surface area contributed by atoms with Gasteiger partial charge < -0.3 is 15.7 Å². The number of benzene rings is 1. The fourth-order valence-electron chi connectivity index (χ4n) is 1.71. The molecule has 3 N–H and O–H groups in total. The van der Waals surface area contributed by atoms with E-state index in [0.29, 0.717) is 12.2 Å². The molecule has 0 aliphatic heterocycles. The van der Waals surface area contributed by atoms with Gasteiger partial charge in [0.05, 0.1) is 5.69 Å². The van der Waals surface area contributed by atoms with Crippen molar-refractivity contribution in [3.05, 3.63) is 23.3 Å². The fraction of sp³-hybridized carbons (Fsp3) is 0.462. The van der Waals surface area contributed by atoms with Gasteiger partial charge in [0.15, 0.2) is 0 Å². The van der Waals surface area contributed by atoms with Crippen LogP contribution < -0.4 is 10.6 Å². The van der Waals surface area contributed by atoms with Crippen LogP contribution in [-0.4, -0.2) is 24.6 Å². The van der Waals surface area contributed by atoms with Crippen LogP contribution in [0.3, 0.4) is 0 Å². The number of aryl methyl sites for hydroxylation is 2. The number of nitrogens with one attached hydrogen (secondary N) is 2. The first-order valence-corrected chi connectivity index (χ1v) is 5.71. The summed E-state index contributed by atoms with van der Waals surface area (Å²) in [5.41, 5.74) is 2.26. The highest BCUT2D eigenvalue weighted by Crippen LogP contribution is 2.28. The van der Waals surface area contributed by atoms with Crippen molar-refractivity contribution < 1.29 is 9.90 Å². The van der Waals surface area contributed by atoms with Gasteiger partial charge in [-0.2, -0.15) is 0 Å². The summed E-state index contributed by atoms with van der Waals surface area (Å²) in [6.07, 6.45) is 0. The van der Waals surface area contributed by atoms with E-state index in [9.17, 15) is 9.90 Å². The summed E-state index contributed by atoms with van der Waals surface area (Å²) in [5, 5.41) is 15.5. The summed E-state index contributed by atoms with van der Waals surface area (Å²) in [6, 6.07) is 3.65. The van der Waals surface area contributed by atoms with E-state index in [2.05, 4.69) is 10.6 Å². The predicted octanol–water partition coefficient (Wildman–Crippen LogP) is 1.80. The molecule has 4 nitrogen and oxygen atoms in total. The van der Waals surface area contributed by atoms with Gasteiger partial charge in [-0.05, 0) is 38.1 Å². The van der Waals surface area contributed by atoms with Crippen LogP contribution in [-0.2, 0) is 4.79 Å². The van der Waals surface area contributed by atoms with Crippen LogP contribution in [0.5, 0.6) is 5.75 Å². The van der Waals surface area contributed by atoms with E-state index >= 15 is 0 Å². The Morgan fingerprint density at radius 1 is 1.41 bits per heavy atom. The topological polar surface area (TPSA) is 61.4 Å². The molecule has 4 heteroatoms. The molecule has 1 rings (SSSR count). The minimum atomic E-state index is -0.139. The Bertz CT molecular complexity index is 416. The number of aromatic hydroxyl groups is 1. The Balaban J connectivity index is 2.85. The molecule has 0 bridgehead atoms. The van der Waals surface area contributed by atoms with Crippen molar-refractivity contribution >= 4 is 11.6 Å². The second-order valence-electron chi connectivity index (χ2n) is 4.43. The molecule has 0 radical (unpaired) electrons. The number of carbonyl (C=O) groups is 1. The lowest BCUT2D eigenvalue weighted by atomic mass is 10.1. The summed E-state index contributed by atoms with van der Waals surface area (Å²) in [5.74, 6) is -0.0968. The highest BCUT2D eigenvalue weighted by Gasteiger charge is 2.14. The third-order valence-corrected chi connectivity index (χ3v) is 2.66. The highest BCUT2D eigenvalue weighted by atomic mass is 16.3. The maximum absolute atomic E-state index is 11.8. The van der Waals surface area contributed by atoms with E-state index < -0.39 is 0 Å². The maximum atomic E-state index is 11.8. The van der Waals surface area contributed by atoms with E-state index in [1.165, 1.54) is 0 Å². The average molecular weight is 236 g/mol. The molecule has 0 aliphatic carbocycles. The number of hydrogen-bond acceptors (Lipinski definition) is 3. The van der Waals surface area contributed by atoms with Gasteiger partial charge in [-0.25, -0.2) is 0 Å². The number of amides is 1. The summed E-state index contributed by atoms with van der Waals surface area (Å²) >= 11 is 0. The second-order valence-corrected chi connectivity index (χ2v) is 4.43. The van der Waals surface area contributed by atoms with Crippen molar-refractivity contribution in [3.8, 4) is 5.75 Å². The number of phenolic OH excluding ortho intramolecular Hbond substituents is 1. The monoisotopic (exact) mass is 236 g/mol. The number of rotatable bonds is 4. The standard InChI is InChI=1S/C13H20N2O2/c1-8-5-9(2)12(16)11(6-8)15-13(17)10(3)7-14-4/h5-6,10,14,16H,7H2,1-4H3,(H,15,17). The number of carbonyl (C=O) groups excluding carboxylic acids is 1. The van der Waals surface area contributed by atoms with Crippen molar-refractivity contribution in [2.45, 2.75) is 20.8 Å². The molecule has 1 aromatic rings. The van der Waals surface area contributed by atoms with Gasteiger partial charge in [0.2, 0.25) is 5.91 Å². The molecule has 0 heterocycles. The summed E-state index contributed by atoms with van der Waals surface area (Å²) < 4.78 is 0. The van der Waals surface area contributed by atoms with Crippen LogP contribution in [0.15, 0.2) is 12.1 Å². The normalized spacial score (nSPS) is 12.2. The third kappa shape index (κ3) is 3.46. The highest BCUT2D eigenvalue weighted by molar-refractivity contribution is 5.94. The van der Waals surface area contributed by atoms with Crippen LogP contribution in [0.2, 0.25) is 0 Å². The molecule has 1 aromatic carbocycles. The Morgan fingerprint density at radius 2 is 2.06 bits per heavy atom. The van der Waals surface area contributed by atoms with Crippen molar-refractivity contribution in [3.63, 3.8) is 0 Å². The smallest absolute Gasteiger partial charge is 0.228 e. The molecule has 0 aromatic heterocycles. The molecule has 0 saturated heterocycles. The van der Waals surface area contributed by atoms with Crippen LogP contribution in [0, 0.1) is 19.8 Å². The number of phenols is 1. The molecule has 1 unspecified atom stereocenters. The van der Waals surface area contributed by atoms with Gasteiger partial charge in [0, 0.05) is 12.5 Å². The van der Waals surface area contributed by atoms with Crippen LogP contribution in [0.1, 0.15) is 18.1 Å². The minimum Gasteiger partial charge on any atom is -0.505 e. The van der Waals surface area contributed by atoms with E-state index in [4.69, 9.17) is 0 Å². The first-order chi connectivity index (χ1) is 7.95. The summed E-state index contributed by atoms with van der Waals surface area (Å²) in [7, 11) is 1.80. The molecular weight excluding hydrogens is 216 g/mol. The molecule has 0 spiro atoms. The quantitative estimate of drug-likeness (QED) is 0.699. The van der Waals surface area contributed by atoms with Crippen LogP contribution in [0.4, 0.5) is 5.69 Å². The Kier molecular flexibility index (Phi) is 4.52. The van der Waals surface area contributed by atoms with Crippen LogP contribution in [0.25, 0.3) is 0 Å². The number of hydrogen-bond donors (Lipinski definition) is 3. The van der Waals surface area contributed by atoms with Gasteiger partial charge in [0.1, 0.15) is 5.75 Å². The van der Waals surface area contributed by atoms with Gasteiger partial charge in [-0.1, -0.05) is 13.0 Å². The minimum absolute atomic E-state index is 0.0975. The van der Waals surface area contributed by atoms with Crippen molar-refractivity contribution in [1.29, 1.82) is 0 Å². The van der Waals surface area contributed by atoms with Gasteiger partial charge in [-0.15, -0.1) is 0 Å². The molecule has 1 atom stereocenters. The largest absolute Gasteiger partial charge is 0.505 e. The Hall–Kier alpha value is -1.55. The van der Waals surface area contributed by atoms with Crippen molar-refractivity contribution in [2.24, 2.45) is 5.92 Å². The number of anilines is 1. The zero-order valence-electron chi connectivity index (χ0n) is 10.8. The zero-order valence-corrected chi connectivity index (χ0v) is 10.8. The maximum Gasteiger partial charge on any atom is 0.228 e.